The molecule has 0 radical (unpaired) electrons. The molecule has 2 N–H and O–H groups in total. The minimum atomic E-state index is -0.455. The van der Waals surface area contributed by atoms with Crippen molar-refractivity contribution >= 4 is 29.3 Å². The van der Waals surface area contributed by atoms with Crippen LogP contribution in [0.1, 0.15) is 40.8 Å². The number of anilines is 2. The number of methoxy groups -OCH3 is 1. The number of aromatic nitrogens is 3. The Balaban J connectivity index is 1.50. The van der Waals surface area contributed by atoms with Crippen LogP contribution in [0.25, 0.3) is 0 Å². The highest BCUT2D eigenvalue weighted by Gasteiger charge is 2.34. The number of fused-ring (bicyclic) bond motifs is 1. The van der Waals surface area contributed by atoms with Crippen LogP contribution >= 0.6 is 11.8 Å². The maximum absolute atomic E-state index is 13.7. The normalized spacial score (nSPS) is 14.6. The summed E-state index contributed by atoms with van der Waals surface area (Å²) in [7, 11) is 1.64. The van der Waals surface area contributed by atoms with Crippen molar-refractivity contribution in [3.63, 3.8) is 0 Å². The molecule has 0 spiro atoms. The number of hydrogen-bond donors (Lipinski definition) is 2. The number of amides is 1. The van der Waals surface area contributed by atoms with Crippen molar-refractivity contribution in [1.82, 2.24) is 14.8 Å². The second kappa shape index (κ2) is 10.8. The van der Waals surface area contributed by atoms with Crippen molar-refractivity contribution < 1.29 is 9.53 Å². The van der Waals surface area contributed by atoms with E-state index >= 15 is 0 Å². The van der Waals surface area contributed by atoms with Gasteiger partial charge < -0.3 is 15.4 Å². The van der Waals surface area contributed by atoms with Gasteiger partial charge >= 0.3 is 0 Å². The van der Waals surface area contributed by atoms with Crippen LogP contribution < -0.4 is 15.4 Å². The number of allylic oxidation sites excluding steroid dienone is 1. The summed E-state index contributed by atoms with van der Waals surface area (Å²) in [6.45, 7) is 8.10. The zero-order valence-corrected chi connectivity index (χ0v) is 23.0. The summed E-state index contributed by atoms with van der Waals surface area (Å²) in [4.78, 5) is 18.5. The van der Waals surface area contributed by atoms with Gasteiger partial charge in [0.2, 0.25) is 11.1 Å². The molecule has 7 nitrogen and oxygen atoms in total. The summed E-state index contributed by atoms with van der Waals surface area (Å²) < 4.78 is 7.18. The van der Waals surface area contributed by atoms with Crippen molar-refractivity contribution in [2.45, 2.75) is 44.6 Å². The van der Waals surface area contributed by atoms with E-state index in [0.717, 1.165) is 34.0 Å². The average molecular weight is 526 g/mol. The molecule has 3 aromatic carbocycles. The van der Waals surface area contributed by atoms with Gasteiger partial charge in [0.25, 0.3) is 5.91 Å². The van der Waals surface area contributed by atoms with Gasteiger partial charge in [0.15, 0.2) is 0 Å². The summed E-state index contributed by atoms with van der Waals surface area (Å²) in [6.07, 6.45) is 0. The lowest BCUT2D eigenvalue weighted by Gasteiger charge is -2.29. The number of nitrogens with zero attached hydrogens (tertiary/aromatic N) is 3. The van der Waals surface area contributed by atoms with Crippen molar-refractivity contribution in [2.75, 3.05) is 17.7 Å². The number of rotatable bonds is 7. The first kappa shape index (κ1) is 25.6. The Bertz CT molecular complexity index is 1520. The predicted molar refractivity (Wildman–Crippen MR) is 153 cm³/mol. The highest BCUT2D eigenvalue weighted by molar-refractivity contribution is 7.98. The smallest absolute Gasteiger partial charge is 0.255 e. The van der Waals surface area contributed by atoms with Gasteiger partial charge in [-0.05, 0) is 68.1 Å². The number of aryl methyl sites for hydroxylation is 3. The van der Waals surface area contributed by atoms with Gasteiger partial charge in [-0.25, -0.2) is 4.68 Å². The molecule has 1 aliphatic rings. The van der Waals surface area contributed by atoms with Crippen molar-refractivity contribution in [2.24, 2.45) is 0 Å². The topological polar surface area (TPSA) is 81.1 Å². The molecule has 0 aliphatic carbocycles. The largest absolute Gasteiger partial charge is 0.497 e. The molecule has 8 heteroatoms. The quantitative estimate of drug-likeness (QED) is 0.271. The zero-order valence-electron chi connectivity index (χ0n) is 22.2. The van der Waals surface area contributed by atoms with Gasteiger partial charge in [-0.1, -0.05) is 65.9 Å². The number of para-hydroxylation sites is 1. The van der Waals surface area contributed by atoms with Crippen LogP contribution in [0.3, 0.4) is 0 Å². The highest BCUT2D eigenvalue weighted by atomic mass is 32.2. The first-order chi connectivity index (χ1) is 18.3. The molecule has 1 atom stereocenters. The third-order valence-electron chi connectivity index (χ3n) is 6.76. The Morgan fingerprint density at radius 2 is 1.79 bits per heavy atom. The van der Waals surface area contributed by atoms with Gasteiger partial charge in [-0.15, -0.1) is 5.10 Å². The number of hydrogen-bond acceptors (Lipinski definition) is 6. The first-order valence-corrected chi connectivity index (χ1v) is 13.5. The van der Waals surface area contributed by atoms with Crippen LogP contribution in [0.5, 0.6) is 5.75 Å². The number of thioether (sulfide) groups is 1. The summed E-state index contributed by atoms with van der Waals surface area (Å²) >= 11 is 1.59. The number of benzene rings is 3. The summed E-state index contributed by atoms with van der Waals surface area (Å²) in [5, 5.41) is 11.9. The zero-order chi connectivity index (χ0) is 26.8. The lowest BCUT2D eigenvalue weighted by atomic mass is 9.95. The van der Waals surface area contributed by atoms with Crippen molar-refractivity contribution in [3.05, 3.63) is 106 Å². The number of ether oxygens (including phenoxy) is 1. The fourth-order valence-corrected chi connectivity index (χ4v) is 5.47. The van der Waals surface area contributed by atoms with E-state index in [9.17, 15) is 4.79 Å². The molecule has 2 heterocycles. The maximum Gasteiger partial charge on any atom is 0.255 e. The fraction of sp³-hybridized carbons (Fsp3) is 0.233. The SMILES string of the molecule is COc1ccc([C@H]2C(C(=O)Nc3ccccc3C)=C(C)Nc3nc(SCc4cc(C)ccc4C)nn32)cc1. The molecular weight excluding hydrogens is 494 g/mol. The molecule has 1 aliphatic heterocycles. The maximum atomic E-state index is 13.7. The van der Waals surface area contributed by atoms with Crippen molar-refractivity contribution in [1.29, 1.82) is 0 Å². The van der Waals surface area contributed by atoms with Crippen LogP contribution in [0, 0.1) is 20.8 Å². The van der Waals surface area contributed by atoms with E-state index < -0.39 is 6.04 Å². The lowest BCUT2D eigenvalue weighted by molar-refractivity contribution is -0.113. The third kappa shape index (κ3) is 5.17. The molecular formula is C30H31N5O2S. The minimum Gasteiger partial charge on any atom is -0.497 e. The standard InChI is InChI=1S/C30H31N5O2S/c1-18-10-11-19(2)23(16-18)17-38-30-33-29-31-21(4)26(28(36)32-25-9-7-6-8-20(25)3)27(35(29)34-30)22-12-14-24(37-5)15-13-22/h6-16,27H,17H2,1-5H3,(H,32,36)(H,31,33,34)/t27-/m0/s1. The molecule has 0 saturated carbocycles. The Morgan fingerprint density at radius 3 is 2.53 bits per heavy atom. The van der Waals surface area contributed by atoms with Gasteiger partial charge in [-0.2, -0.15) is 4.98 Å². The fourth-order valence-electron chi connectivity index (χ4n) is 4.58. The van der Waals surface area contributed by atoms with E-state index in [1.54, 1.807) is 18.9 Å². The monoisotopic (exact) mass is 525 g/mol. The van der Waals surface area contributed by atoms with Crippen LogP contribution in [0.15, 0.2) is 83.2 Å². The predicted octanol–water partition coefficient (Wildman–Crippen LogP) is 6.43. The summed E-state index contributed by atoms with van der Waals surface area (Å²) in [5.41, 5.74) is 7.75. The summed E-state index contributed by atoms with van der Waals surface area (Å²) in [5.74, 6) is 1.94. The van der Waals surface area contributed by atoms with E-state index in [1.165, 1.54) is 16.7 Å². The highest BCUT2D eigenvalue weighted by Crippen LogP contribution is 2.38. The number of nitrogens with one attached hydrogen (secondary N) is 2. The van der Waals surface area contributed by atoms with E-state index in [2.05, 4.69) is 42.7 Å². The average Bonchev–Trinajstić information content (AvgIpc) is 3.32. The van der Waals surface area contributed by atoms with E-state index in [1.807, 2.05) is 67.1 Å². The van der Waals surface area contributed by atoms with Crippen molar-refractivity contribution in [3.8, 4) is 5.75 Å². The van der Waals surface area contributed by atoms with Crippen LogP contribution in [0.4, 0.5) is 11.6 Å². The van der Waals surface area contributed by atoms with E-state index in [-0.39, 0.29) is 5.91 Å². The van der Waals surface area contributed by atoms with Gasteiger partial charge in [-0.3, -0.25) is 4.79 Å². The molecule has 194 valence electrons. The van der Waals surface area contributed by atoms with E-state index in [0.29, 0.717) is 16.7 Å². The number of carbonyl (C=O) groups excluding carboxylic acids is 1. The molecule has 0 fully saturated rings. The van der Waals surface area contributed by atoms with Crippen LogP contribution in [-0.4, -0.2) is 27.8 Å². The molecule has 1 amide bonds. The van der Waals surface area contributed by atoms with Crippen LogP contribution in [-0.2, 0) is 10.5 Å². The summed E-state index contributed by atoms with van der Waals surface area (Å²) in [6, 6.07) is 21.5. The van der Waals surface area contributed by atoms with Gasteiger partial charge in [0.05, 0.1) is 12.7 Å². The molecule has 1 aromatic heterocycles. The third-order valence-corrected chi connectivity index (χ3v) is 7.65. The Labute approximate surface area is 227 Å². The molecule has 0 saturated heterocycles. The van der Waals surface area contributed by atoms with Crippen LogP contribution in [0.2, 0.25) is 0 Å². The van der Waals surface area contributed by atoms with E-state index in [4.69, 9.17) is 14.8 Å². The van der Waals surface area contributed by atoms with Gasteiger partial charge in [0, 0.05) is 17.1 Å². The molecule has 0 unspecified atom stereocenters. The lowest BCUT2D eigenvalue weighted by Crippen LogP contribution is -2.31. The Hall–Kier alpha value is -4.04. The Kier molecular flexibility index (Phi) is 7.24. The minimum absolute atomic E-state index is 0.184. The molecule has 5 rings (SSSR count). The Morgan fingerprint density at radius 1 is 1.03 bits per heavy atom. The molecule has 4 aromatic rings. The molecule has 38 heavy (non-hydrogen) atoms. The second-order valence-electron chi connectivity index (χ2n) is 9.49. The second-order valence-corrected chi connectivity index (χ2v) is 10.4. The molecule has 0 bridgehead atoms. The number of carbonyl (C=O) groups is 1. The van der Waals surface area contributed by atoms with Gasteiger partial charge in [0.1, 0.15) is 11.8 Å². The first-order valence-electron chi connectivity index (χ1n) is 12.5.